The minimum Gasteiger partial charge on any atom is -0.342 e. The number of rotatable bonds is 4. The van der Waals surface area contributed by atoms with Crippen LogP contribution in [0, 0.1) is 11.7 Å². The summed E-state index contributed by atoms with van der Waals surface area (Å²) >= 11 is 0. The zero-order valence-corrected chi connectivity index (χ0v) is 18.6. The van der Waals surface area contributed by atoms with Crippen LogP contribution < -0.4 is 0 Å². The first-order valence-electron chi connectivity index (χ1n) is 11.7. The maximum absolute atomic E-state index is 13.9. The van der Waals surface area contributed by atoms with Crippen molar-refractivity contribution >= 4 is 21.9 Å². The lowest BCUT2D eigenvalue weighted by molar-refractivity contribution is 0.286. The van der Waals surface area contributed by atoms with Gasteiger partial charge in [0, 0.05) is 29.9 Å². The molecule has 1 N–H and O–H groups in total. The Bertz CT molecular complexity index is 1410. The second-order valence-electron chi connectivity index (χ2n) is 9.24. The van der Waals surface area contributed by atoms with Gasteiger partial charge in [-0.05, 0) is 91.6 Å². The highest BCUT2D eigenvalue weighted by Crippen LogP contribution is 2.43. The molecule has 5 aromatic rings. The SMILES string of the molecule is C[C@@H](c1nc2ccc(-n3cccn3)cc2[nH]1)C1CCC(c2ccnc3ccc(F)cc23)CC1. The molecule has 6 heteroatoms. The van der Waals surface area contributed by atoms with E-state index in [2.05, 4.69) is 46.3 Å². The fourth-order valence-corrected chi connectivity index (χ4v) is 5.45. The molecule has 1 saturated carbocycles. The van der Waals surface area contributed by atoms with Crippen LogP contribution in [0.25, 0.3) is 27.6 Å². The average molecular weight is 440 g/mol. The summed E-state index contributed by atoms with van der Waals surface area (Å²) in [6.07, 6.45) is 10.1. The standard InChI is InChI=1S/C27H26FN5/c1-17(27-31-25-10-8-21(16-26(25)32-27)33-14-2-12-30-33)18-3-5-19(6-4-18)22-11-13-29-24-9-7-20(28)15-23(22)24/h2,7-19H,3-6H2,1H3,(H,31,32)/t17-,18?,19?/m1/s1. The molecule has 1 aliphatic rings. The van der Waals surface area contributed by atoms with Crippen molar-refractivity contribution in [1.29, 1.82) is 0 Å². The van der Waals surface area contributed by atoms with Gasteiger partial charge in [0.25, 0.3) is 0 Å². The van der Waals surface area contributed by atoms with E-state index in [0.717, 1.165) is 59.1 Å². The van der Waals surface area contributed by atoms with Crippen molar-refractivity contribution in [3.63, 3.8) is 0 Å². The van der Waals surface area contributed by atoms with Crippen LogP contribution in [0.4, 0.5) is 4.39 Å². The van der Waals surface area contributed by atoms with Crippen molar-refractivity contribution in [1.82, 2.24) is 24.7 Å². The third-order valence-corrected chi connectivity index (χ3v) is 7.34. The molecular formula is C27H26FN5. The van der Waals surface area contributed by atoms with Gasteiger partial charge in [0.2, 0.25) is 0 Å². The summed E-state index contributed by atoms with van der Waals surface area (Å²) in [6.45, 7) is 2.29. The molecule has 0 spiro atoms. The number of hydrogen-bond acceptors (Lipinski definition) is 3. The molecule has 33 heavy (non-hydrogen) atoms. The van der Waals surface area contributed by atoms with Crippen molar-refractivity contribution in [3.8, 4) is 5.69 Å². The number of fused-ring (bicyclic) bond motifs is 2. The van der Waals surface area contributed by atoms with Gasteiger partial charge >= 0.3 is 0 Å². The third-order valence-electron chi connectivity index (χ3n) is 7.34. The van der Waals surface area contributed by atoms with Crippen molar-refractivity contribution in [2.45, 2.75) is 44.4 Å². The molecule has 2 aromatic carbocycles. The lowest BCUT2D eigenvalue weighted by Gasteiger charge is -2.32. The van der Waals surface area contributed by atoms with Gasteiger partial charge < -0.3 is 4.98 Å². The highest BCUT2D eigenvalue weighted by atomic mass is 19.1. The van der Waals surface area contributed by atoms with Gasteiger partial charge in [-0.2, -0.15) is 5.10 Å². The number of pyridine rings is 1. The molecule has 3 heterocycles. The van der Waals surface area contributed by atoms with Crippen molar-refractivity contribution < 1.29 is 4.39 Å². The number of nitrogens with zero attached hydrogens (tertiary/aromatic N) is 4. The molecule has 1 fully saturated rings. The Hall–Kier alpha value is -3.54. The number of H-pyrrole nitrogens is 1. The van der Waals surface area contributed by atoms with E-state index in [1.54, 1.807) is 18.3 Å². The number of imidazole rings is 1. The summed E-state index contributed by atoms with van der Waals surface area (Å²) < 4.78 is 15.7. The van der Waals surface area contributed by atoms with E-state index in [1.165, 1.54) is 11.6 Å². The molecule has 3 aromatic heterocycles. The fourth-order valence-electron chi connectivity index (χ4n) is 5.45. The maximum atomic E-state index is 13.9. The van der Waals surface area contributed by atoms with Gasteiger partial charge in [0.15, 0.2) is 0 Å². The first kappa shape index (κ1) is 20.1. The molecule has 0 radical (unpaired) electrons. The number of halogens is 1. The minimum atomic E-state index is -0.195. The summed E-state index contributed by atoms with van der Waals surface area (Å²) in [4.78, 5) is 12.9. The highest BCUT2D eigenvalue weighted by Gasteiger charge is 2.29. The normalized spacial score (nSPS) is 19.8. The summed E-state index contributed by atoms with van der Waals surface area (Å²) in [5, 5.41) is 5.28. The van der Waals surface area contributed by atoms with Crippen LogP contribution in [0.3, 0.4) is 0 Å². The first-order valence-corrected chi connectivity index (χ1v) is 11.7. The molecular weight excluding hydrogens is 413 g/mol. The fraction of sp³-hybridized carbons (Fsp3) is 0.296. The van der Waals surface area contributed by atoms with Gasteiger partial charge in [-0.25, -0.2) is 14.1 Å². The smallest absolute Gasteiger partial charge is 0.123 e. The Labute approximate surface area is 191 Å². The Morgan fingerprint density at radius 3 is 2.67 bits per heavy atom. The van der Waals surface area contributed by atoms with E-state index in [0.29, 0.717) is 17.8 Å². The van der Waals surface area contributed by atoms with Crippen LogP contribution in [0.15, 0.2) is 67.1 Å². The topological polar surface area (TPSA) is 59.4 Å². The zero-order valence-electron chi connectivity index (χ0n) is 18.6. The van der Waals surface area contributed by atoms with Gasteiger partial charge in [0.05, 0.1) is 22.2 Å². The van der Waals surface area contributed by atoms with Gasteiger partial charge in [-0.15, -0.1) is 0 Å². The second kappa shape index (κ2) is 8.10. The van der Waals surface area contributed by atoms with E-state index in [4.69, 9.17) is 4.98 Å². The number of aromatic nitrogens is 5. The lowest BCUT2D eigenvalue weighted by atomic mass is 9.73. The minimum absolute atomic E-state index is 0.195. The quantitative estimate of drug-likeness (QED) is 0.347. The van der Waals surface area contributed by atoms with Crippen LogP contribution in [0.1, 0.15) is 55.8 Å². The van der Waals surface area contributed by atoms with Gasteiger partial charge in [-0.3, -0.25) is 4.98 Å². The maximum Gasteiger partial charge on any atom is 0.123 e. The van der Waals surface area contributed by atoms with Crippen LogP contribution in [-0.4, -0.2) is 24.7 Å². The predicted octanol–water partition coefficient (Wildman–Crippen LogP) is 6.51. The van der Waals surface area contributed by atoms with Crippen molar-refractivity contribution in [2.24, 2.45) is 5.92 Å². The van der Waals surface area contributed by atoms with Gasteiger partial charge in [-0.1, -0.05) is 6.92 Å². The second-order valence-corrected chi connectivity index (χ2v) is 9.24. The largest absolute Gasteiger partial charge is 0.342 e. The lowest BCUT2D eigenvalue weighted by Crippen LogP contribution is -2.19. The van der Waals surface area contributed by atoms with E-state index in [-0.39, 0.29) is 5.82 Å². The van der Waals surface area contributed by atoms with E-state index in [1.807, 2.05) is 23.1 Å². The third kappa shape index (κ3) is 3.69. The van der Waals surface area contributed by atoms with E-state index >= 15 is 0 Å². The molecule has 1 atom stereocenters. The summed E-state index contributed by atoms with van der Waals surface area (Å²) in [5.74, 6) is 2.26. The molecule has 0 unspecified atom stereocenters. The molecule has 5 nitrogen and oxygen atoms in total. The molecule has 0 bridgehead atoms. The summed E-state index contributed by atoms with van der Waals surface area (Å²) in [5.41, 5.74) is 5.18. The summed E-state index contributed by atoms with van der Waals surface area (Å²) in [6, 6.07) is 15.1. The zero-order chi connectivity index (χ0) is 22.4. The molecule has 0 aliphatic heterocycles. The van der Waals surface area contributed by atoms with Crippen LogP contribution in [0.5, 0.6) is 0 Å². The molecule has 1 aliphatic carbocycles. The Morgan fingerprint density at radius 1 is 1.00 bits per heavy atom. The Morgan fingerprint density at radius 2 is 1.85 bits per heavy atom. The van der Waals surface area contributed by atoms with Crippen LogP contribution in [0.2, 0.25) is 0 Å². The number of benzene rings is 2. The monoisotopic (exact) mass is 439 g/mol. The molecule has 6 rings (SSSR count). The first-order chi connectivity index (χ1) is 16.2. The van der Waals surface area contributed by atoms with E-state index in [9.17, 15) is 4.39 Å². The van der Waals surface area contributed by atoms with Crippen LogP contribution in [-0.2, 0) is 0 Å². The molecule has 166 valence electrons. The number of nitrogens with one attached hydrogen (secondary N) is 1. The number of aromatic amines is 1. The molecule has 0 amide bonds. The Balaban J connectivity index is 1.20. The van der Waals surface area contributed by atoms with Crippen LogP contribution >= 0.6 is 0 Å². The molecule has 0 saturated heterocycles. The highest BCUT2D eigenvalue weighted by molar-refractivity contribution is 5.82. The Kier molecular flexibility index (Phi) is 4.93. The van der Waals surface area contributed by atoms with Gasteiger partial charge in [0.1, 0.15) is 11.6 Å². The van der Waals surface area contributed by atoms with E-state index < -0.39 is 0 Å². The van der Waals surface area contributed by atoms with Crippen molar-refractivity contribution in [3.05, 3.63) is 84.3 Å². The average Bonchev–Trinajstić information content (AvgIpc) is 3.53. The number of hydrogen-bond donors (Lipinski definition) is 1. The van der Waals surface area contributed by atoms with Crippen molar-refractivity contribution in [2.75, 3.05) is 0 Å². The summed E-state index contributed by atoms with van der Waals surface area (Å²) in [7, 11) is 0. The predicted molar refractivity (Wildman–Crippen MR) is 128 cm³/mol.